The van der Waals surface area contributed by atoms with Crippen molar-refractivity contribution in [1.29, 1.82) is 0 Å². The number of unbranched alkanes of at least 4 members (excludes halogenated alkanes) is 34. The van der Waals surface area contributed by atoms with E-state index < -0.39 is 59.8 Å². The van der Waals surface area contributed by atoms with Crippen molar-refractivity contribution in [2.75, 3.05) is 26.4 Å². The number of carbonyl (C=O) groups excluding carboxylic acids is 1. The van der Waals surface area contributed by atoms with Crippen LogP contribution in [0.1, 0.15) is 251 Å². The van der Waals surface area contributed by atoms with Gasteiger partial charge in [-0.25, -0.2) is 4.18 Å². The molecule has 0 aromatic heterocycles. The van der Waals surface area contributed by atoms with Crippen LogP contribution in [0.15, 0.2) is 0 Å². The van der Waals surface area contributed by atoms with Gasteiger partial charge in [0.2, 0.25) is 0 Å². The number of aliphatic hydroxyl groups is 3. The second-order valence-electron chi connectivity index (χ2n) is 18.5. The first-order valence-corrected chi connectivity index (χ1v) is 27.7. The second-order valence-corrected chi connectivity index (χ2v) is 19.5. The molecule has 1 aliphatic heterocycles. The molecule has 13 heteroatoms. The van der Waals surface area contributed by atoms with Crippen LogP contribution in [0.2, 0.25) is 0 Å². The van der Waals surface area contributed by atoms with Crippen LogP contribution in [-0.4, -0.2) is 97.5 Å². The molecule has 0 aromatic rings. The van der Waals surface area contributed by atoms with E-state index in [0.717, 1.165) is 38.5 Å². The Balaban J connectivity index is 2.25. The van der Waals surface area contributed by atoms with Crippen molar-refractivity contribution < 1.29 is 56.2 Å². The van der Waals surface area contributed by atoms with E-state index in [2.05, 4.69) is 18.0 Å². The number of hydrogen-bond acceptors (Lipinski definition) is 11. The Bertz CT molecular complexity index is 1110. The lowest BCUT2D eigenvalue weighted by Gasteiger charge is -2.41. The van der Waals surface area contributed by atoms with Gasteiger partial charge in [-0.05, 0) is 12.8 Å². The number of hydrogen-bond donors (Lipinski definition) is 4. The fourth-order valence-electron chi connectivity index (χ4n) is 8.50. The SMILES string of the molecule is CCCCCCCCCCCCCCCCCCCCCCCCCCCC(=O)OC(COCCCCCCCCCCCCC)COC1OC(CO)C(O)C(OS(=O)(=O)O)C1O. The van der Waals surface area contributed by atoms with Crippen LogP contribution >= 0.6 is 0 Å². The summed E-state index contributed by atoms with van der Waals surface area (Å²) in [5, 5.41) is 30.7. The maximum atomic E-state index is 12.9. The Labute approximate surface area is 386 Å². The minimum Gasteiger partial charge on any atom is -0.457 e. The molecule has 1 fully saturated rings. The lowest BCUT2D eigenvalue weighted by atomic mass is 9.99. The smallest absolute Gasteiger partial charge is 0.397 e. The molecule has 0 spiro atoms. The van der Waals surface area contributed by atoms with Crippen molar-refractivity contribution in [1.82, 2.24) is 0 Å². The molecule has 6 atom stereocenters. The third-order valence-electron chi connectivity index (χ3n) is 12.5. The molecule has 1 saturated heterocycles. The van der Waals surface area contributed by atoms with Crippen molar-refractivity contribution in [2.45, 2.75) is 288 Å². The van der Waals surface area contributed by atoms with Crippen LogP contribution in [0.3, 0.4) is 0 Å². The summed E-state index contributed by atoms with van der Waals surface area (Å²) in [7, 11) is -5.06. The zero-order valence-electron chi connectivity index (χ0n) is 40.4. The van der Waals surface area contributed by atoms with Crippen molar-refractivity contribution >= 4 is 16.4 Å². The monoisotopic (exact) mass is 923 g/mol. The molecule has 0 aliphatic carbocycles. The topological polar surface area (TPSA) is 178 Å². The van der Waals surface area contributed by atoms with E-state index in [0.29, 0.717) is 13.0 Å². The Kier molecular flexibility index (Phi) is 40.5. The molecule has 0 radical (unpaired) electrons. The van der Waals surface area contributed by atoms with Crippen molar-refractivity contribution in [3.63, 3.8) is 0 Å². The van der Waals surface area contributed by atoms with E-state index in [1.165, 1.54) is 186 Å². The molecule has 0 saturated carbocycles. The Morgan fingerprint density at radius 3 is 1.27 bits per heavy atom. The molecular weight excluding hydrogens is 825 g/mol. The third-order valence-corrected chi connectivity index (χ3v) is 12.9. The number of ether oxygens (including phenoxy) is 4. The molecule has 1 heterocycles. The highest BCUT2D eigenvalue weighted by Gasteiger charge is 2.48. The Morgan fingerprint density at radius 2 is 0.905 bits per heavy atom. The standard InChI is InChI=1S/C50H98O12S/c1-3-5-7-9-11-13-15-16-17-18-19-20-21-22-23-24-25-26-27-28-29-31-33-35-37-39-46(52)60-44(42-58-40-38-36-34-32-30-14-12-10-8-6-4-2)43-59-50-48(54)49(62-63(55,56)57)47(53)45(41-51)61-50/h44-45,47-51,53-54H,3-43H2,1-2H3,(H,55,56,57). The molecule has 0 aromatic carbocycles. The zero-order chi connectivity index (χ0) is 46.1. The second kappa shape index (κ2) is 42.5. The number of carbonyl (C=O) groups is 1. The van der Waals surface area contributed by atoms with Crippen molar-refractivity contribution in [2.24, 2.45) is 0 Å². The molecular formula is C50H98O12S. The molecule has 6 unspecified atom stereocenters. The van der Waals surface area contributed by atoms with Gasteiger partial charge in [0.1, 0.15) is 30.5 Å². The van der Waals surface area contributed by atoms with Crippen molar-refractivity contribution in [3.8, 4) is 0 Å². The first-order valence-electron chi connectivity index (χ1n) is 26.3. The first kappa shape index (κ1) is 60.1. The van der Waals surface area contributed by atoms with E-state index in [1.807, 2.05) is 0 Å². The average Bonchev–Trinajstić information content (AvgIpc) is 3.26. The summed E-state index contributed by atoms with van der Waals surface area (Å²) in [5.74, 6) is -0.391. The summed E-state index contributed by atoms with van der Waals surface area (Å²) in [6, 6.07) is 0. The lowest BCUT2D eigenvalue weighted by molar-refractivity contribution is -0.301. The van der Waals surface area contributed by atoms with E-state index in [9.17, 15) is 33.1 Å². The highest BCUT2D eigenvalue weighted by Crippen LogP contribution is 2.26. The molecule has 12 nitrogen and oxygen atoms in total. The summed E-state index contributed by atoms with van der Waals surface area (Å²) in [4.78, 5) is 12.9. The fourth-order valence-corrected chi connectivity index (χ4v) is 9.01. The van der Waals surface area contributed by atoms with Crippen molar-refractivity contribution in [3.05, 3.63) is 0 Å². The van der Waals surface area contributed by atoms with E-state index in [1.54, 1.807) is 0 Å². The van der Waals surface area contributed by atoms with E-state index >= 15 is 0 Å². The Hall–Kier alpha value is -0.900. The zero-order valence-corrected chi connectivity index (χ0v) is 41.2. The van der Waals surface area contributed by atoms with Gasteiger partial charge in [-0.1, -0.05) is 232 Å². The maximum absolute atomic E-state index is 12.9. The Morgan fingerprint density at radius 1 is 0.540 bits per heavy atom. The maximum Gasteiger partial charge on any atom is 0.397 e. The first-order chi connectivity index (χ1) is 30.6. The fraction of sp³-hybridized carbons (Fsp3) is 0.980. The van der Waals surface area contributed by atoms with E-state index in [4.69, 9.17) is 18.9 Å². The number of esters is 1. The molecule has 0 amide bonds. The van der Waals surface area contributed by atoms with Gasteiger partial charge in [-0.15, -0.1) is 0 Å². The largest absolute Gasteiger partial charge is 0.457 e. The molecule has 4 N–H and O–H groups in total. The summed E-state index contributed by atoms with van der Waals surface area (Å²) < 4.78 is 59.2. The van der Waals surface area contributed by atoms with Crippen LogP contribution in [0.5, 0.6) is 0 Å². The number of aliphatic hydroxyl groups excluding tert-OH is 3. The van der Waals surface area contributed by atoms with Crippen LogP contribution in [-0.2, 0) is 38.3 Å². The molecule has 63 heavy (non-hydrogen) atoms. The molecule has 1 rings (SSSR count). The minimum absolute atomic E-state index is 0.0444. The van der Waals surface area contributed by atoms with Gasteiger partial charge in [0.25, 0.3) is 0 Å². The third kappa shape index (κ3) is 35.9. The van der Waals surface area contributed by atoms with Crippen LogP contribution in [0.4, 0.5) is 0 Å². The van der Waals surface area contributed by atoms with Gasteiger partial charge in [0.05, 0.1) is 19.8 Å². The van der Waals surface area contributed by atoms with Gasteiger partial charge in [0.15, 0.2) is 6.29 Å². The van der Waals surface area contributed by atoms with Gasteiger partial charge in [0, 0.05) is 13.0 Å². The summed E-state index contributed by atoms with van der Waals surface area (Å²) in [5.41, 5.74) is 0. The average molecular weight is 923 g/mol. The normalized spacial score (nSPS) is 19.7. The van der Waals surface area contributed by atoms with Gasteiger partial charge in [-0.2, -0.15) is 8.42 Å². The quantitative estimate of drug-likeness (QED) is 0.0258. The van der Waals surface area contributed by atoms with Gasteiger partial charge < -0.3 is 34.3 Å². The van der Waals surface area contributed by atoms with Gasteiger partial charge in [-0.3, -0.25) is 9.35 Å². The van der Waals surface area contributed by atoms with E-state index in [-0.39, 0.29) is 19.6 Å². The highest BCUT2D eigenvalue weighted by molar-refractivity contribution is 7.80. The summed E-state index contributed by atoms with van der Waals surface area (Å²) in [6.45, 7) is 4.04. The molecule has 376 valence electrons. The summed E-state index contributed by atoms with van der Waals surface area (Å²) >= 11 is 0. The highest BCUT2D eigenvalue weighted by atomic mass is 32.3. The van der Waals surface area contributed by atoms with Gasteiger partial charge >= 0.3 is 16.4 Å². The number of rotatable bonds is 47. The predicted octanol–water partition coefficient (Wildman–Crippen LogP) is 12.0. The van der Waals surface area contributed by atoms with Crippen LogP contribution in [0, 0.1) is 0 Å². The molecule has 0 bridgehead atoms. The van der Waals surface area contributed by atoms with Crippen LogP contribution in [0.25, 0.3) is 0 Å². The minimum atomic E-state index is -5.06. The summed E-state index contributed by atoms with van der Waals surface area (Å²) in [6.07, 6.45) is 37.2. The lowest BCUT2D eigenvalue weighted by Crippen LogP contribution is -2.60. The van der Waals surface area contributed by atoms with Crippen LogP contribution < -0.4 is 0 Å². The predicted molar refractivity (Wildman–Crippen MR) is 253 cm³/mol. The molecule has 1 aliphatic rings.